The average molecular weight is 247 g/mol. The number of ether oxygens (including phenoxy) is 1. The van der Waals surface area contributed by atoms with Crippen molar-refractivity contribution in [1.29, 1.82) is 0 Å². The van der Waals surface area contributed by atoms with E-state index in [0.717, 1.165) is 25.3 Å². The second kappa shape index (κ2) is 6.24. The molecule has 1 aromatic carbocycles. The zero-order valence-electron chi connectivity index (χ0n) is 11.8. The molecule has 2 nitrogen and oxygen atoms in total. The van der Waals surface area contributed by atoms with Gasteiger partial charge in [-0.15, -0.1) is 0 Å². The molecule has 0 saturated heterocycles. The van der Waals surface area contributed by atoms with Crippen LogP contribution in [0.2, 0.25) is 0 Å². The summed E-state index contributed by atoms with van der Waals surface area (Å²) in [4.78, 5) is 0. The highest BCUT2D eigenvalue weighted by molar-refractivity contribution is 5.41. The Bertz CT molecular complexity index is 387. The van der Waals surface area contributed by atoms with Crippen LogP contribution in [0.3, 0.4) is 0 Å². The lowest BCUT2D eigenvalue weighted by Crippen LogP contribution is -2.28. The third kappa shape index (κ3) is 3.05. The molecule has 1 heterocycles. The zero-order valence-corrected chi connectivity index (χ0v) is 11.8. The number of hydrogen-bond acceptors (Lipinski definition) is 2. The van der Waals surface area contributed by atoms with Gasteiger partial charge >= 0.3 is 0 Å². The number of hydrogen-bond donors (Lipinski definition) is 1. The molecule has 18 heavy (non-hydrogen) atoms. The molecule has 0 bridgehead atoms. The van der Waals surface area contributed by atoms with Gasteiger partial charge in [0.25, 0.3) is 0 Å². The van der Waals surface area contributed by atoms with Crippen LogP contribution in [0, 0.1) is 0 Å². The summed E-state index contributed by atoms with van der Waals surface area (Å²) >= 11 is 0. The molecule has 1 N–H and O–H groups in total. The van der Waals surface area contributed by atoms with Crippen molar-refractivity contribution in [3.05, 3.63) is 29.3 Å². The molecular weight excluding hydrogens is 222 g/mol. The van der Waals surface area contributed by atoms with Crippen molar-refractivity contribution >= 4 is 0 Å². The number of nitrogens with one attached hydrogen (secondary N) is 1. The highest BCUT2D eigenvalue weighted by Gasteiger charge is 2.21. The topological polar surface area (TPSA) is 21.3 Å². The predicted molar refractivity (Wildman–Crippen MR) is 76.3 cm³/mol. The molecule has 100 valence electrons. The number of unbranched alkanes of at least 4 members (excludes halogenated alkanes) is 1. The van der Waals surface area contributed by atoms with Crippen LogP contribution in [0.1, 0.15) is 63.1 Å². The van der Waals surface area contributed by atoms with Gasteiger partial charge in [0.15, 0.2) is 0 Å². The van der Waals surface area contributed by atoms with E-state index in [2.05, 4.69) is 44.3 Å². The molecule has 0 fully saturated rings. The van der Waals surface area contributed by atoms with E-state index in [1.807, 2.05) is 0 Å². The summed E-state index contributed by atoms with van der Waals surface area (Å²) in [5.41, 5.74) is 2.75. The monoisotopic (exact) mass is 247 g/mol. The fourth-order valence-electron chi connectivity index (χ4n) is 2.44. The van der Waals surface area contributed by atoms with Crippen LogP contribution in [0.4, 0.5) is 0 Å². The van der Waals surface area contributed by atoms with E-state index in [-0.39, 0.29) is 0 Å². The fraction of sp³-hybridized carbons (Fsp3) is 0.625. The molecule has 2 heteroatoms. The van der Waals surface area contributed by atoms with Gasteiger partial charge in [0.1, 0.15) is 5.75 Å². The van der Waals surface area contributed by atoms with Crippen molar-refractivity contribution < 1.29 is 4.74 Å². The second-order valence-electron chi connectivity index (χ2n) is 5.45. The van der Waals surface area contributed by atoms with Gasteiger partial charge in [-0.2, -0.15) is 0 Å². The third-order valence-corrected chi connectivity index (χ3v) is 3.66. The Morgan fingerprint density at radius 1 is 1.39 bits per heavy atom. The van der Waals surface area contributed by atoms with Gasteiger partial charge in [-0.3, -0.25) is 0 Å². The molecule has 0 radical (unpaired) electrons. The van der Waals surface area contributed by atoms with Gasteiger partial charge in [0, 0.05) is 18.0 Å². The maximum atomic E-state index is 5.75. The summed E-state index contributed by atoms with van der Waals surface area (Å²) in [7, 11) is 0. The Hall–Kier alpha value is -1.02. The van der Waals surface area contributed by atoms with Crippen molar-refractivity contribution in [2.75, 3.05) is 13.2 Å². The molecule has 0 saturated carbocycles. The first kappa shape index (κ1) is 13.4. The van der Waals surface area contributed by atoms with E-state index in [0.29, 0.717) is 12.0 Å². The van der Waals surface area contributed by atoms with Gasteiger partial charge in [-0.1, -0.05) is 39.3 Å². The number of fused-ring (bicyclic) bond motifs is 1. The molecule has 1 aliphatic heterocycles. The Morgan fingerprint density at radius 2 is 2.22 bits per heavy atom. The number of rotatable bonds is 5. The van der Waals surface area contributed by atoms with E-state index in [4.69, 9.17) is 4.74 Å². The number of benzene rings is 1. The molecule has 0 aliphatic carbocycles. The smallest absolute Gasteiger partial charge is 0.124 e. The van der Waals surface area contributed by atoms with Crippen LogP contribution >= 0.6 is 0 Å². The third-order valence-electron chi connectivity index (χ3n) is 3.66. The zero-order chi connectivity index (χ0) is 13.0. The Balaban J connectivity index is 2.15. The summed E-state index contributed by atoms with van der Waals surface area (Å²) in [5, 5.41) is 3.66. The van der Waals surface area contributed by atoms with E-state index in [9.17, 15) is 0 Å². The summed E-state index contributed by atoms with van der Waals surface area (Å²) < 4.78 is 5.75. The van der Waals surface area contributed by atoms with Crippen molar-refractivity contribution in [3.8, 4) is 5.75 Å². The van der Waals surface area contributed by atoms with Gasteiger partial charge < -0.3 is 10.1 Å². The SMILES string of the molecule is CCCCNC1CCOc2ccc(C(C)C)cc21. The van der Waals surface area contributed by atoms with Crippen molar-refractivity contribution in [3.63, 3.8) is 0 Å². The van der Waals surface area contributed by atoms with Crippen LogP contribution in [-0.2, 0) is 0 Å². The first-order valence-electron chi connectivity index (χ1n) is 7.22. The lowest BCUT2D eigenvalue weighted by Gasteiger charge is -2.28. The molecule has 1 atom stereocenters. The fourth-order valence-corrected chi connectivity index (χ4v) is 2.44. The van der Waals surface area contributed by atoms with E-state index in [1.54, 1.807) is 0 Å². The van der Waals surface area contributed by atoms with Gasteiger partial charge in [-0.25, -0.2) is 0 Å². The minimum atomic E-state index is 0.471. The predicted octanol–water partition coefficient (Wildman–Crippen LogP) is 4.02. The molecule has 1 aromatic rings. The Labute approximate surface area is 111 Å². The van der Waals surface area contributed by atoms with Crippen molar-refractivity contribution in [2.24, 2.45) is 0 Å². The van der Waals surface area contributed by atoms with Crippen molar-refractivity contribution in [1.82, 2.24) is 5.32 Å². The summed E-state index contributed by atoms with van der Waals surface area (Å²) in [6.45, 7) is 8.65. The molecule has 0 aromatic heterocycles. The molecule has 0 amide bonds. The lowest BCUT2D eigenvalue weighted by atomic mass is 9.94. The summed E-state index contributed by atoms with van der Waals surface area (Å²) in [6, 6.07) is 7.12. The van der Waals surface area contributed by atoms with E-state index < -0.39 is 0 Å². The quantitative estimate of drug-likeness (QED) is 0.793. The normalized spacial score (nSPS) is 18.6. The maximum absolute atomic E-state index is 5.75. The highest BCUT2D eigenvalue weighted by atomic mass is 16.5. The first-order chi connectivity index (χ1) is 8.72. The van der Waals surface area contributed by atoms with Crippen LogP contribution in [0.5, 0.6) is 5.75 Å². The van der Waals surface area contributed by atoms with Crippen LogP contribution in [-0.4, -0.2) is 13.2 Å². The van der Waals surface area contributed by atoms with Crippen LogP contribution in [0.25, 0.3) is 0 Å². The van der Waals surface area contributed by atoms with E-state index >= 15 is 0 Å². The van der Waals surface area contributed by atoms with Gasteiger partial charge in [0.2, 0.25) is 0 Å². The van der Waals surface area contributed by atoms with Crippen LogP contribution in [0.15, 0.2) is 18.2 Å². The van der Waals surface area contributed by atoms with Crippen LogP contribution < -0.4 is 10.1 Å². The average Bonchev–Trinajstić information content (AvgIpc) is 2.38. The second-order valence-corrected chi connectivity index (χ2v) is 5.45. The molecule has 2 rings (SSSR count). The van der Waals surface area contributed by atoms with Gasteiger partial charge in [0.05, 0.1) is 6.61 Å². The van der Waals surface area contributed by atoms with Gasteiger partial charge in [-0.05, 0) is 30.5 Å². The minimum Gasteiger partial charge on any atom is -0.493 e. The molecular formula is C16H25NO. The summed E-state index contributed by atoms with van der Waals surface area (Å²) in [6.07, 6.45) is 3.57. The first-order valence-corrected chi connectivity index (χ1v) is 7.22. The van der Waals surface area contributed by atoms with Crippen molar-refractivity contribution in [2.45, 2.75) is 52.0 Å². The standard InChI is InChI=1S/C16H25NO/c1-4-5-9-17-15-8-10-18-16-7-6-13(12(2)3)11-14(15)16/h6-7,11-12,15,17H,4-5,8-10H2,1-3H3. The minimum absolute atomic E-state index is 0.471. The Morgan fingerprint density at radius 3 is 2.94 bits per heavy atom. The largest absolute Gasteiger partial charge is 0.493 e. The Kier molecular flexibility index (Phi) is 4.65. The maximum Gasteiger partial charge on any atom is 0.124 e. The molecule has 1 unspecified atom stereocenters. The molecule has 0 spiro atoms. The lowest BCUT2D eigenvalue weighted by molar-refractivity contribution is 0.252. The highest BCUT2D eigenvalue weighted by Crippen LogP contribution is 2.34. The molecule has 1 aliphatic rings. The summed E-state index contributed by atoms with van der Waals surface area (Å²) in [5.74, 6) is 1.65. The van der Waals surface area contributed by atoms with E-state index in [1.165, 1.54) is 24.0 Å².